The number of carbonyl (C=O) groups is 1. The van der Waals surface area contributed by atoms with Crippen LogP contribution in [0.15, 0.2) is 82.5 Å². The van der Waals surface area contributed by atoms with Crippen LogP contribution < -0.4 is 36.9 Å². The Morgan fingerprint density at radius 3 is 2.71 bits per heavy atom. The smallest absolute Gasteiger partial charge is 0.261 e. The lowest BCUT2D eigenvalue weighted by atomic mass is 10.2. The second kappa shape index (κ2) is 12.9. The lowest BCUT2D eigenvalue weighted by Crippen LogP contribution is -2.38. The molecule has 0 fully saturated rings. The molecule has 1 atom stereocenters. The Labute approximate surface area is 234 Å². The van der Waals surface area contributed by atoms with Crippen molar-refractivity contribution in [3.8, 4) is 11.4 Å². The normalized spacial score (nSPS) is 16.0. The summed E-state index contributed by atoms with van der Waals surface area (Å²) in [6.07, 6.45) is 3.56. The zero-order valence-corrected chi connectivity index (χ0v) is 23.5. The molecule has 4 heterocycles. The molecule has 0 bridgehead atoms. The van der Waals surface area contributed by atoms with Crippen molar-refractivity contribution in [1.29, 1.82) is 0 Å². The molecule has 1 aromatic carbocycles. The molecule has 2 aliphatic rings. The number of thioether (sulfide) groups is 1. The molecule has 12 heteroatoms. The van der Waals surface area contributed by atoms with Crippen LogP contribution in [0.5, 0.6) is 5.75 Å². The molecule has 3 aromatic rings. The number of benzene rings is 1. The number of pyridine rings is 1. The molecule has 4 N–H and O–H groups in total. The summed E-state index contributed by atoms with van der Waals surface area (Å²) < 4.78 is 8.33. The molecule has 2 aromatic heterocycles. The SMILES string of the molecule is CC.CC1NC(COc2cc(-n3ccccc3=O)ccc2N2C=C(CNC(=O)c3ccc(Cl)s3)NN2)=CS1. The molecule has 38 heavy (non-hydrogen) atoms. The molecule has 1 amide bonds. The highest BCUT2D eigenvalue weighted by atomic mass is 35.5. The monoisotopic (exact) mass is 572 g/mol. The van der Waals surface area contributed by atoms with Gasteiger partial charge in [0.15, 0.2) is 0 Å². The minimum absolute atomic E-state index is 0.132. The first kappa shape index (κ1) is 27.6. The van der Waals surface area contributed by atoms with E-state index < -0.39 is 0 Å². The van der Waals surface area contributed by atoms with Crippen LogP contribution in [0.4, 0.5) is 5.69 Å². The van der Waals surface area contributed by atoms with Gasteiger partial charge in [-0.2, -0.15) is 0 Å². The zero-order valence-electron chi connectivity index (χ0n) is 21.2. The van der Waals surface area contributed by atoms with Gasteiger partial charge in [-0.3, -0.25) is 19.2 Å². The summed E-state index contributed by atoms with van der Waals surface area (Å²) in [5, 5.41) is 10.3. The summed E-state index contributed by atoms with van der Waals surface area (Å²) in [6, 6.07) is 14.0. The summed E-state index contributed by atoms with van der Waals surface area (Å²) in [5.74, 6) is 0.388. The van der Waals surface area contributed by atoms with Crippen LogP contribution in [0.3, 0.4) is 0 Å². The molecule has 9 nitrogen and oxygen atoms in total. The van der Waals surface area contributed by atoms with Crippen molar-refractivity contribution >= 4 is 46.3 Å². The number of anilines is 1. The van der Waals surface area contributed by atoms with E-state index >= 15 is 0 Å². The Hall–Kier alpha value is -3.38. The van der Waals surface area contributed by atoms with Gasteiger partial charge in [-0.05, 0) is 42.7 Å². The average Bonchev–Trinajstić information content (AvgIpc) is 3.69. The number of nitrogens with one attached hydrogen (secondary N) is 4. The van der Waals surface area contributed by atoms with Crippen molar-refractivity contribution < 1.29 is 9.53 Å². The zero-order chi connectivity index (χ0) is 27.1. The topological polar surface area (TPSA) is 99.7 Å². The highest BCUT2D eigenvalue weighted by Gasteiger charge is 2.20. The van der Waals surface area contributed by atoms with Crippen LogP contribution >= 0.6 is 34.7 Å². The quantitative estimate of drug-likeness (QED) is 0.311. The van der Waals surface area contributed by atoms with Crippen LogP contribution in [0.2, 0.25) is 4.34 Å². The lowest BCUT2D eigenvalue weighted by molar-refractivity contribution is 0.0960. The molecule has 0 saturated heterocycles. The van der Waals surface area contributed by atoms with E-state index in [1.54, 1.807) is 51.8 Å². The Morgan fingerprint density at radius 1 is 1.16 bits per heavy atom. The maximum atomic E-state index is 12.4. The second-order valence-corrected chi connectivity index (χ2v) is 10.9. The van der Waals surface area contributed by atoms with Crippen LogP contribution in [-0.2, 0) is 0 Å². The van der Waals surface area contributed by atoms with Gasteiger partial charge in [0.25, 0.3) is 11.5 Å². The maximum Gasteiger partial charge on any atom is 0.261 e. The highest BCUT2D eigenvalue weighted by molar-refractivity contribution is 8.02. The van der Waals surface area contributed by atoms with Gasteiger partial charge in [-0.15, -0.1) is 28.6 Å². The Kier molecular flexibility index (Phi) is 9.40. The summed E-state index contributed by atoms with van der Waals surface area (Å²) in [5.41, 5.74) is 9.18. The summed E-state index contributed by atoms with van der Waals surface area (Å²) >= 11 is 8.85. The van der Waals surface area contributed by atoms with Crippen LogP contribution in [0.1, 0.15) is 30.4 Å². The molecular formula is C26H29ClN6O3S2. The molecular weight excluding hydrogens is 544 g/mol. The number of hydrazine groups is 2. The van der Waals surface area contributed by atoms with Gasteiger partial charge in [-0.25, -0.2) is 0 Å². The number of amides is 1. The number of hydrogen-bond donors (Lipinski definition) is 4. The van der Waals surface area contributed by atoms with Gasteiger partial charge >= 0.3 is 0 Å². The third kappa shape index (κ3) is 6.73. The van der Waals surface area contributed by atoms with Crippen molar-refractivity contribution in [1.82, 2.24) is 26.2 Å². The van der Waals surface area contributed by atoms with E-state index in [0.29, 0.717) is 32.6 Å². The molecule has 2 aliphatic heterocycles. The van der Waals surface area contributed by atoms with E-state index in [1.807, 2.05) is 43.7 Å². The van der Waals surface area contributed by atoms with Gasteiger partial charge in [0.1, 0.15) is 18.0 Å². The van der Waals surface area contributed by atoms with E-state index in [-0.39, 0.29) is 18.0 Å². The number of nitrogens with zero attached hydrogens (tertiary/aromatic N) is 2. The second-order valence-electron chi connectivity index (χ2n) is 7.96. The van der Waals surface area contributed by atoms with Gasteiger partial charge in [-0.1, -0.05) is 31.5 Å². The van der Waals surface area contributed by atoms with E-state index in [9.17, 15) is 9.59 Å². The van der Waals surface area contributed by atoms with Crippen LogP contribution in [0.25, 0.3) is 5.69 Å². The first-order valence-electron chi connectivity index (χ1n) is 12.1. The largest absolute Gasteiger partial charge is 0.485 e. The number of carbonyl (C=O) groups excluding carboxylic acids is 1. The fourth-order valence-corrected chi connectivity index (χ4v) is 5.31. The molecule has 1 unspecified atom stereocenters. The van der Waals surface area contributed by atoms with Gasteiger partial charge in [0.05, 0.1) is 38.2 Å². The summed E-state index contributed by atoms with van der Waals surface area (Å²) in [4.78, 5) is 25.3. The van der Waals surface area contributed by atoms with E-state index in [2.05, 4.69) is 28.5 Å². The van der Waals surface area contributed by atoms with Gasteiger partial charge < -0.3 is 20.8 Å². The van der Waals surface area contributed by atoms with E-state index in [4.69, 9.17) is 16.3 Å². The highest BCUT2D eigenvalue weighted by Crippen LogP contribution is 2.32. The Bertz CT molecular complexity index is 1400. The molecule has 0 radical (unpaired) electrons. The standard InChI is InChI=1S/C24H23ClN6O3S2.C2H6/c1-15-27-17(14-35-15)13-34-20-10-18(30-9-3-2-4-23(30)32)5-6-19(20)31-12-16(28-29-31)11-26-24(33)21-7-8-22(25)36-21;1-2/h2-10,12,14-15,27-29H,11,13H2,1H3,(H,26,33);1-2H3. The predicted molar refractivity (Wildman–Crippen MR) is 156 cm³/mol. The molecule has 0 spiro atoms. The fourth-order valence-electron chi connectivity index (χ4n) is 3.62. The van der Waals surface area contributed by atoms with Crippen molar-refractivity contribution in [2.75, 3.05) is 18.2 Å². The molecule has 5 rings (SSSR count). The Morgan fingerprint density at radius 2 is 2.00 bits per heavy atom. The first-order chi connectivity index (χ1) is 18.5. The predicted octanol–water partition coefficient (Wildman–Crippen LogP) is 4.58. The van der Waals surface area contributed by atoms with Gasteiger partial charge in [0.2, 0.25) is 0 Å². The summed E-state index contributed by atoms with van der Waals surface area (Å²) in [7, 11) is 0. The molecule has 200 valence electrons. The fraction of sp³-hybridized carbons (Fsp3) is 0.231. The number of aromatic nitrogens is 1. The molecule has 0 aliphatic carbocycles. The Balaban J connectivity index is 0.00000164. The van der Waals surface area contributed by atoms with Gasteiger partial charge in [0, 0.05) is 24.5 Å². The van der Waals surface area contributed by atoms with Crippen molar-refractivity contribution in [2.45, 2.75) is 26.1 Å². The number of thiophene rings is 1. The van der Waals surface area contributed by atoms with E-state index in [1.165, 1.54) is 17.4 Å². The third-order valence-electron chi connectivity index (χ3n) is 5.35. The average molecular weight is 573 g/mol. The van der Waals surface area contributed by atoms with Crippen molar-refractivity contribution in [2.24, 2.45) is 0 Å². The van der Waals surface area contributed by atoms with Crippen LogP contribution in [0, 0.1) is 0 Å². The maximum absolute atomic E-state index is 12.4. The third-order valence-corrected chi connectivity index (χ3v) is 7.52. The van der Waals surface area contributed by atoms with Crippen molar-refractivity contribution in [3.63, 3.8) is 0 Å². The minimum Gasteiger partial charge on any atom is -0.485 e. The number of hydrogen-bond acceptors (Lipinski definition) is 9. The van der Waals surface area contributed by atoms with Crippen LogP contribution in [-0.4, -0.2) is 29.0 Å². The molecule has 0 saturated carbocycles. The summed E-state index contributed by atoms with van der Waals surface area (Å²) in [6.45, 7) is 6.73. The van der Waals surface area contributed by atoms with Crippen molar-refractivity contribution in [3.05, 3.63) is 97.3 Å². The lowest BCUT2D eigenvalue weighted by Gasteiger charge is -2.21. The first-order valence-corrected chi connectivity index (χ1v) is 14.2. The minimum atomic E-state index is -0.195. The number of halogens is 1. The van der Waals surface area contributed by atoms with E-state index in [0.717, 1.165) is 17.1 Å². The number of ether oxygens (including phenoxy) is 1. The number of rotatable bonds is 8.